The predicted octanol–water partition coefficient (Wildman–Crippen LogP) is 4.04. The van der Waals surface area contributed by atoms with Crippen LogP contribution in [0.4, 0.5) is 0 Å². The van der Waals surface area contributed by atoms with Crippen LogP contribution in [0.2, 0.25) is 0 Å². The van der Waals surface area contributed by atoms with Crippen LogP contribution in [0.3, 0.4) is 0 Å². The van der Waals surface area contributed by atoms with E-state index in [1.165, 1.54) is 0 Å². The lowest BCUT2D eigenvalue weighted by molar-refractivity contribution is 0.0624. The topological polar surface area (TPSA) is 45.6 Å². The number of amides is 1. The molecule has 0 bridgehead atoms. The van der Waals surface area contributed by atoms with Crippen LogP contribution in [0.25, 0.3) is 5.69 Å². The van der Waals surface area contributed by atoms with Gasteiger partial charge in [0.05, 0.1) is 6.54 Å². The van der Waals surface area contributed by atoms with Crippen molar-refractivity contribution in [1.29, 1.82) is 0 Å². The predicted molar refractivity (Wildman–Crippen MR) is 123 cm³/mol. The summed E-state index contributed by atoms with van der Waals surface area (Å²) in [5, 5.41) is 0. The molecule has 5 nitrogen and oxygen atoms in total. The molecule has 0 aliphatic carbocycles. The maximum Gasteiger partial charge on any atom is 0.253 e. The molecule has 0 atom stereocenters. The lowest BCUT2D eigenvalue weighted by atomic mass is 10.1. The highest BCUT2D eigenvalue weighted by Crippen LogP contribution is 2.21. The van der Waals surface area contributed by atoms with E-state index in [2.05, 4.69) is 21.6 Å². The van der Waals surface area contributed by atoms with E-state index in [-0.39, 0.29) is 11.7 Å². The van der Waals surface area contributed by atoms with Gasteiger partial charge in [-0.05, 0) is 51.1 Å². The summed E-state index contributed by atoms with van der Waals surface area (Å²) in [4.78, 5) is 29.9. The Hall–Kier alpha value is -3.18. The molecule has 0 unspecified atom stereocenters. The van der Waals surface area contributed by atoms with E-state index in [1.807, 2.05) is 74.2 Å². The highest BCUT2D eigenvalue weighted by Gasteiger charge is 2.25. The van der Waals surface area contributed by atoms with E-state index in [0.29, 0.717) is 32.7 Å². The number of rotatable bonds is 5. The number of hydrogen-bond donors (Lipinski definition) is 0. The number of Topliss-reactive ketones (excluding diaryl/α,β-unsaturated/α-hetero) is 1. The van der Waals surface area contributed by atoms with Gasteiger partial charge in [-0.1, -0.05) is 35.9 Å². The second-order valence-electron chi connectivity index (χ2n) is 8.32. The Kier molecular flexibility index (Phi) is 6.05. The Labute approximate surface area is 183 Å². The number of ketones is 1. The lowest BCUT2D eigenvalue weighted by Gasteiger charge is -2.34. The molecule has 1 saturated heterocycles. The van der Waals surface area contributed by atoms with Crippen molar-refractivity contribution in [1.82, 2.24) is 14.4 Å². The number of benzene rings is 2. The third kappa shape index (κ3) is 4.47. The Balaban J connectivity index is 1.39. The molecule has 1 aliphatic heterocycles. The fraction of sp³-hybridized carbons (Fsp3) is 0.308. The van der Waals surface area contributed by atoms with Gasteiger partial charge in [-0.25, -0.2) is 0 Å². The first kappa shape index (κ1) is 21.1. The lowest BCUT2D eigenvalue weighted by Crippen LogP contribution is -2.49. The first-order valence-electron chi connectivity index (χ1n) is 10.8. The number of carbonyl (C=O) groups excluding carboxylic acids is 2. The molecule has 4 rings (SSSR count). The van der Waals surface area contributed by atoms with Crippen LogP contribution in [-0.4, -0.2) is 58.8 Å². The molecular weight excluding hydrogens is 386 g/mol. The van der Waals surface area contributed by atoms with Crippen molar-refractivity contribution in [3.05, 3.63) is 88.7 Å². The van der Waals surface area contributed by atoms with Gasteiger partial charge >= 0.3 is 0 Å². The summed E-state index contributed by atoms with van der Waals surface area (Å²) >= 11 is 0. The highest BCUT2D eigenvalue weighted by atomic mass is 16.2. The zero-order chi connectivity index (χ0) is 22.0. The molecule has 0 radical (unpaired) electrons. The number of aromatic nitrogens is 1. The van der Waals surface area contributed by atoms with Gasteiger partial charge in [0.2, 0.25) is 0 Å². The standard InChI is InChI=1S/C26H29N3O2/c1-19-8-7-9-22(16-19)26(31)28-14-12-27(13-15-28)18-25(30)24-17-20(2)29(21(24)3)23-10-5-4-6-11-23/h4-11,16-17H,12-15,18H2,1-3H3. The molecular formula is C26H29N3O2. The van der Waals surface area contributed by atoms with E-state index < -0.39 is 0 Å². The van der Waals surface area contributed by atoms with Gasteiger partial charge in [0.15, 0.2) is 5.78 Å². The summed E-state index contributed by atoms with van der Waals surface area (Å²) in [5.74, 6) is 0.204. The van der Waals surface area contributed by atoms with Crippen LogP contribution < -0.4 is 0 Å². The van der Waals surface area contributed by atoms with Crippen molar-refractivity contribution in [2.75, 3.05) is 32.7 Å². The maximum absolute atomic E-state index is 13.1. The second-order valence-corrected chi connectivity index (χ2v) is 8.32. The van der Waals surface area contributed by atoms with Crippen molar-refractivity contribution in [3.8, 4) is 5.69 Å². The van der Waals surface area contributed by atoms with Gasteiger partial charge in [0.25, 0.3) is 5.91 Å². The molecule has 1 fully saturated rings. The molecule has 31 heavy (non-hydrogen) atoms. The van der Waals surface area contributed by atoms with Crippen molar-refractivity contribution < 1.29 is 9.59 Å². The Morgan fingerprint density at radius 2 is 1.55 bits per heavy atom. The number of para-hydroxylation sites is 1. The number of hydrogen-bond acceptors (Lipinski definition) is 3. The zero-order valence-electron chi connectivity index (χ0n) is 18.5. The molecule has 3 aromatic rings. The van der Waals surface area contributed by atoms with Gasteiger partial charge in [-0.3, -0.25) is 14.5 Å². The molecule has 0 saturated carbocycles. The van der Waals surface area contributed by atoms with E-state index in [9.17, 15) is 9.59 Å². The van der Waals surface area contributed by atoms with E-state index >= 15 is 0 Å². The molecule has 5 heteroatoms. The van der Waals surface area contributed by atoms with Crippen molar-refractivity contribution in [3.63, 3.8) is 0 Å². The van der Waals surface area contributed by atoms with E-state index in [1.54, 1.807) is 0 Å². The van der Waals surface area contributed by atoms with E-state index in [4.69, 9.17) is 0 Å². The first-order chi connectivity index (χ1) is 14.9. The van der Waals surface area contributed by atoms with Crippen LogP contribution in [0.5, 0.6) is 0 Å². The average molecular weight is 416 g/mol. The summed E-state index contributed by atoms with van der Waals surface area (Å²) in [6.45, 7) is 9.12. The quantitative estimate of drug-likeness (QED) is 0.591. The second kappa shape index (κ2) is 8.90. The molecule has 2 aromatic carbocycles. The summed E-state index contributed by atoms with van der Waals surface area (Å²) in [7, 11) is 0. The van der Waals surface area contributed by atoms with Crippen LogP contribution in [-0.2, 0) is 0 Å². The summed E-state index contributed by atoms with van der Waals surface area (Å²) in [6.07, 6.45) is 0. The third-order valence-electron chi connectivity index (χ3n) is 6.04. The van der Waals surface area contributed by atoms with Crippen LogP contribution in [0.15, 0.2) is 60.7 Å². The average Bonchev–Trinajstić information content (AvgIpc) is 3.08. The van der Waals surface area contributed by atoms with Gasteiger partial charge in [0, 0.05) is 54.4 Å². The summed E-state index contributed by atoms with van der Waals surface area (Å²) in [6, 6.07) is 19.8. The minimum Gasteiger partial charge on any atom is -0.336 e. The fourth-order valence-electron chi connectivity index (χ4n) is 4.38. The van der Waals surface area contributed by atoms with Gasteiger partial charge in [-0.2, -0.15) is 0 Å². The van der Waals surface area contributed by atoms with Crippen molar-refractivity contribution >= 4 is 11.7 Å². The molecule has 0 N–H and O–H groups in total. The van der Waals surface area contributed by atoms with Crippen molar-refractivity contribution in [2.24, 2.45) is 0 Å². The zero-order valence-corrected chi connectivity index (χ0v) is 18.5. The van der Waals surface area contributed by atoms with Crippen molar-refractivity contribution in [2.45, 2.75) is 20.8 Å². The van der Waals surface area contributed by atoms with Gasteiger partial charge in [0.1, 0.15) is 0 Å². The molecule has 1 amide bonds. The normalized spacial score (nSPS) is 14.6. The van der Waals surface area contributed by atoms with Crippen LogP contribution >= 0.6 is 0 Å². The third-order valence-corrected chi connectivity index (χ3v) is 6.04. The number of carbonyl (C=O) groups is 2. The maximum atomic E-state index is 13.1. The SMILES string of the molecule is Cc1cccc(C(=O)N2CCN(CC(=O)c3cc(C)n(-c4ccccc4)c3C)CC2)c1. The highest BCUT2D eigenvalue weighted by molar-refractivity contribution is 5.99. The Morgan fingerprint density at radius 3 is 2.23 bits per heavy atom. The van der Waals surface area contributed by atoms with Gasteiger partial charge in [-0.15, -0.1) is 0 Å². The number of nitrogens with zero attached hydrogens (tertiary/aromatic N) is 3. The Bertz CT molecular complexity index is 1090. The fourth-order valence-corrected chi connectivity index (χ4v) is 4.38. The van der Waals surface area contributed by atoms with Gasteiger partial charge < -0.3 is 9.47 Å². The molecule has 1 aliphatic rings. The van der Waals surface area contributed by atoms with Crippen LogP contribution in [0.1, 0.15) is 37.7 Å². The molecule has 2 heterocycles. The minimum absolute atomic E-state index is 0.0704. The van der Waals surface area contributed by atoms with E-state index in [0.717, 1.165) is 33.8 Å². The first-order valence-corrected chi connectivity index (χ1v) is 10.8. The summed E-state index contributed by atoms with van der Waals surface area (Å²) in [5.41, 5.74) is 5.70. The summed E-state index contributed by atoms with van der Waals surface area (Å²) < 4.78 is 2.13. The molecule has 160 valence electrons. The number of piperazine rings is 1. The smallest absolute Gasteiger partial charge is 0.253 e. The largest absolute Gasteiger partial charge is 0.336 e. The Morgan fingerprint density at radius 1 is 0.839 bits per heavy atom. The van der Waals surface area contributed by atoms with Crippen LogP contribution in [0, 0.1) is 20.8 Å². The number of aryl methyl sites for hydroxylation is 2. The monoisotopic (exact) mass is 415 g/mol. The minimum atomic E-state index is 0.0704. The molecule has 1 aromatic heterocycles. The molecule has 0 spiro atoms.